The summed E-state index contributed by atoms with van der Waals surface area (Å²) in [6.45, 7) is 0.592. The Morgan fingerprint density at radius 3 is 2.85 bits per heavy atom. The van der Waals surface area contributed by atoms with Gasteiger partial charge in [-0.05, 0) is 12.3 Å². The second kappa shape index (κ2) is 3.64. The maximum atomic E-state index is 5.04. The minimum absolute atomic E-state index is 0.203. The molecule has 1 saturated carbocycles. The fraction of sp³-hybridized carbons (Fsp3) is 0.889. The molecular weight excluding hydrogens is 168 g/mol. The normalized spacial score (nSPS) is 33.6. The molecule has 4 nitrogen and oxygen atoms in total. The van der Waals surface area contributed by atoms with E-state index in [4.69, 9.17) is 9.47 Å². The van der Waals surface area contributed by atoms with Crippen LogP contribution >= 0.6 is 0 Å². The first-order chi connectivity index (χ1) is 6.33. The minimum Gasteiger partial charge on any atom is -0.371 e. The monoisotopic (exact) mass is 184 g/mol. The summed E-state index contributed by atoms with van der Waals surface area (Å²) in [4.78, 5) is 4.40. The van der Waals surface area contributed by atoms with Crippen molar-refractivity contribution in [3.63, 3.8) is 0 Å². The topological polar surface area (TPSA) is 42.8 Å². The van der Waals surface area contributed by atoms with Gasteiger partial charge >= 0.3 is 0 Å². The number of nitrogens with one attached hydrogen (secondary N) is 1. The van der Waals surface area contributed by atoms with E-state index in [2.05, 4.69) is 10.3 Å². The van der Waals surface area contributed by atoms with Crippen LogP contribution in [0, 0.1) is 5.92 Å². The Balaban J connectivity index is 1.76. The van der Waals surface area contributed by atoms with E-state index < -0.39 is 0 Å². The first-order valence-corrected chi connectivity index (χ1v) is 4.69. The highest BCUT2D eigenvalue weighted by atomic mass is 16.7. The number of rotatable bonds is 4. The molecule has 2 unspecified atom stereocenters. The van der Waals surface area contributed by atoms with Gasteiger partial charge in [-0.25, -0.2) is 0 Å². The third kappa shape index (κ3) is 2.00. The molecule has 1 saturated heterocycles. The first-order valence-electron chi connectivity index (χ1n) is 4.69. The molecule has 1 aliphatic heterocycles. The fourth-order valence-corrected chi connectivity index (χ4v) is 1.71. The molecule has 1 heterocycles. The van der Waals surface area contributed by atoms with Gasteiger partial charge in [-0.1, -0.05) is 0 Å². The van der Waals surface area contributed by atoms with E-state index in [1.807, 2.05) is 0 Å². The average Bonchev–Trinajstić information content (AvgIpc) is 2.76. The fourth-order valence-electron chi connectivity index (χ4n) is 1.71. The van der Waals surface area contributed by atoms with Crippen molar-refractivity contribution in [1.29, 1.82) is 0 Å². The van der Waals surface area contributed by atoms with Crippen molar-refractivity contribution in [2.75, 3.05) is 20.8 Å². The Morgan fingerprint density at radius 2 is 2.31 bits per heavy atom. The molecule has 2 atom stereocenters. The Kier molecular flexibility index (Phi) is 2.51. The number of fused-ring (bicyclic) bond motifs is 1. The summed E-state index contributed by atoms with van der Waals surface area (Å²) in [6.07, 6.45) is 2.24. The number of nitrogens with zero attached hydrogens (tertiary/aromatic N) is 1. The molecular formula is C9H16N2O2. The molecule has 2 fully saturated rings. The van der Waals surface area contributed by atoms with Crippen molar-refractivity contribution in [1.82, 2.24) is 5.32 Å². The van der Waals surface area contributed by atoms with Crippen LogP contribution in [0.1, 0.15) is 12.8 Å². The summed E-state index contributed by atoms with van der Waals surface area (Å²) < 4.78 is 10.1. The second-order valence-corrected chi connectivity index (χ2v) is 3.64. The zero-order valence-electron chi connectivity index (χ0n) is 8.12. The molecule has 0 radical (unpaired) electrons. The Hall–Kier alpha value is -0.610. The standard InChI is InChI=1S/C9H16N2O2/c1-12-9(13-2)5-10-8-4-6-3-7(6)11-8/h6-7,9H,3-5H2,1-2H3,(H,10,11). The van der Waals surface area contributed by atoms with Crippen molar-refractivity contribution in [2.24, 2.45) is 10.9 Å². The lowest BCUT2D eigenvalue weighted by atomic mass is 10.3. The largest absolute Gasteiger partial charge is 0.371 e. The van der Waals surface area contributed by atoms with Crippen LogP contribution in [0.5, 0.6) is 0 Å². The summed E-state index contributed by atoms with van der Waals surface area (Å²) in [5, 5.41) is 3.37. The highest BCUT2D eigenvalue weighted by molar-refractivity contribution is 5.86. The van der Waals surface area contributed by atoms with Gasteiger partial charge in [-0.3, -0.25) is 4.99 Å². The van der Waals surface area contributed by atoms with Crippen LogP contribution in [-0.4, -0.2) is 38.9 Å². The SMILES string of the molecule is COC(CN=C1CC2CC2N1)OC. The molecule has 0 aromatic rings. The van der Waals surface area contributed by atoms with Gasteiger partial charge in [0.05, 0.1) is 12.4 Å². The molecule has 0 aromatic carbocycles. The van der Waals surface area contributed by atoms with Crippen molar-refractivity contribution in [3.8, 4) is 0 Å². The number of hydrogen-bond donors (Lipinski definition) is 1. The molecule has 1 aliphatic carbocycles. The molecule has 74 valence electrons. The van der Waals surface area contributed by atoms with E-state index >= 15 is 0 Å². The zero-order chi connectivity index (χ0) is 9.26. The van der Waals surface area contributed by atoms with E-state index in [0.717, 1.165) is 24.2 Å². The van der Waals surface area contributed by atoms with Gasteiger partial charge in [0, 0.05) is 26.7 Å². The maximum Gasteiger partial charge on any atom is 0.176 e. The summed E-state index contributed by atoms with van der Waals surface area (Å²) in [6, 6.07) is 0.724. The van der Waals surface area contributed by atoms with Crippen molar-refractivity contribution < 1.29 is 9.47 Å². The highest BCUT2D eigenvalue weighted by Crippen LogP contribution is 2.38. The molecule has 0 bridgehead atoms. The molecule has 0 aromatic heterocycles. The second-order valence-electron chi connectivity index (χ2n) is 3.64. The van der Waals surface area contributed by atoms with Gasteiger partial charge in [0.2, 0.25) is 0 Å². The molecule has 13 heavy (non-hydrogen) atoms. The molecule has 0 amide bonds. The molecule has 1 N–H and O–H groups in total. The Bertz CT molecular complexity index is 202. The summed E-state index contributed by atoms with van der Waals surface area (Å²) in [5.41, 5.74) is 0. The first kappa shape index (κ1) is 8.97. The van der Waals surface area contributed by atoms with Gasteiger partial charge in [0.25, 0.3) is 0 Å². The third-order valence-corrected chi connectivity index (χ3v) is 2.69. The summed E-state index contributed by atoms with van der Waals surface area (Å²) in [7, 11) is 3.27. The molecule has 4 heteroatoms. The highest BCUT2D eigenvalue weighted by Gasteiger charge is 2.43. The lowest BCUT2D eigenvalue weighted by Gasteiger charge is -2.11. The van der Waals surface area contributed by atoms with Crippen LogP contribution in [0.25, 0.3) is 0 Å². The van der Waals surface area contributed by atoms with Gasteiger partial charge in [0.15, 0.2) is 6.29 Å². The molecule has 0 spiro atoms. The van der Waals surface area contributed by atoms with E-state index in [0.29, 0.717) is 6.54 Å². The zero-order valence-corrected chi connectivity index (χ0v) is 8.12. The van der Waals surface area contributed by atoms with E-state index in [1.165, 1.54) is 6.42 Å². The van der Waals surface area contributed by atoms with E-state index in [-0.39, 0.29) is 6.29 Å². The minimum atomic E-state index is -0.203. The Labute approximate surface area is 78.3 Å². The Morgan fingerprint density at radius 1 is 1.54 bits per heavy atom. The van der Waals surface area contributed by atoms with Crippen LogP contribution < -0.4 is 5.32 Å². The van der Waals surface area contributed by atoms with Crippen LogP contribution in [0.3, 0.4) is 0 Å². The van der Waals surface area contributed by atoms with Crippen LogP contribution in [0.4, 0.5) is 0 Å². The third-order valence-electron chi connectivity index (χ3n) is 2.69. The molecule has 2 rings (SSSR count). The number of amidine groups is 1. The predicted octanol–water partition coefficient (Wildman–Crippen LogP) is 0.386. The number of ether oxygens (including phenoxy) is 2. The van der Waals surface area contributed by atoms with Crippen LogP contribution in [0.2, 0.25) is 0 Å². The van der Waals surface area contributed by atoms with E-state index in [9.17, 15) is 0 Å². The predicted molar refractivity (Wildman–Crippen MR) is 49.8 cm³/mol. The van der Waals surface area contributed by atoms with E-state index in [1.54, 1.807) is 14.2 Å². The number of methoxy groups -OCH3 is 2. The van der Waals surface area contributed by atoms with Gasteiger partial charge in [-0.2, -0.15) is 0 Å². The summed E-state index contributed by atoms with van der Waals surface area (Å²) in [5.74, 6) is 1.99. The van der Waals surface area contributed by atoms with Crippen molar-refractivity contribution in [2.45, 2.75) is 25.2 Å². The summed E-state index contributed by atoms with van der Waals surface area (Å²) >= 11 is 0. The van der Waals surface area contributed by atoms with Crippen LogP contribution in [0.15, 0.2) is 4.99 Å². The smallest absolute Gasteiger partial charge is 0.176 e. The van der Waals surface area contributed by atoms with Gasteiger partial charge < -0.3 is 14.8 Å². The lowest BCUT2D eigenvalue weighted by Crippen LogP contribution is -2.23. The van der Waals surface area contributed by atoms with Crippen molar-refractivity contribution in [3.05, 3.63) is 0 Å². The van der Waals surface area contributed by atoms with Gasteiger partial charge in [0.1, 0.15) is 0 Å². The number of hydrogen-bond acceptors (Lipinski definition) is 3. The van der Waals surface area contributed by atoms with Crippen LogP contribution in [-0.2, 0) is 9.47 Å². The quantitative estimate of drug-likeness (QED) is 0.642. The number of piperidine rings is 1. The number of aliphatic imine (C=N–C) groups is 1. The van der Waals surface area contributed by atoms with Gasteiger partial charge in [-0.15, -0.1) is 0 Å². The van der Waals surface area contributed by atoms with Crippen molar-refractivity contribution >= 4 is 5.84 Å². The lowest BCUT2D eigenvalue weighted by molar-refractivity contribution is -0.0937. The molecule has 2 aliphatic rings. The average molecular weight is 184 g/mol. The maximum absolute atomic E-state index is 5.04.